The van der Waals surface area contributed by atoms with Gasteiger partial charge in [-0.15, -0.1) is 0 Å². The highest BCUT2D eigenvalue weighted by Crippen LogP contribution is 2.36. The lowest BCUT2D eigenvalue weighted by atomic mass is 10.1. The van der Waals surface area contributed by atoms with Crippen LogP contribution in [0.2, 0.25) is 0 Å². The van der Waals surface area contributed by atoms with Gasteiger partial charge in [0.15, 0.2) is 5.82 Å². The summed E-state index contributed by atoms with van der Waals surface area (Å²) in [4.78, 5) is 18.9. The summed E-state index contributed by atoms with van der Waals surface area (Å²) in [5.41, 5.74) is 2.27. The number of aromatic nitrogens is 3. The lowest BCUT2D eigenvalue weighted by Gasteiger charge is -2.07. The molecule has 0 aliphatic carbocycles. The largest absolute Gasteiger partial charge is 0.426 e. The molecular weight excluding hydrogens is 413 g/mol. The number of halogens is 2. The second-order valence-electron chi connectivity index (χ2n) is 5.87. The third kappa shape index (κ3) is 3.17. The number of aromatic amines is 1. The van der Waals surface area contributed by atoms with Crippen molar-refractivity contribution < 1.29 is 9.60 Å². The summed E-state index contributed by atoms with van der Waals surface area (Å²) in [7, 11) is 0. The normalized spacial score (nSPS) is 10.9. The van der Waals surface area contributed by atoms with Crippen LogP contribution in [0.4, 0.5) is 4.39 Å². The number of pyridine rings is 1. The molecule has 0 unspecified atom stereocenters. The maximum atomic E-state index is 13.4. The van der Waals surface area contributed by atoms with E-state index in [4.69, 9.17) is 0 Å². The van der Waals surface area contributed by atoms with Crippen LogP contribution in [0.1, 0.15) is 0 Å². The molecular formula is C20H13BrFN3O2. The smallest absolute Gasteiger partial charge is 0.248 e. The number of nitrogens with one attached hydrogen (secondary N) is 1. The highest BCUT2D eigenvalue weighted by atomic mass is 79.9. The van der Waals surface area contributed by atoms with Crippen molar-refractivity contribution in [3.63, 3.8) is 0 Å². The van der Waals surface area contributed by atoms with E-state index in [9.17, 15) is 14.4 Å². The Balaban J connectivity index is 2.02. The SMILES string of the molecule is O=c1cc(-c2c(-c3ccc(F)cc3)nc(-c3ccccc3Br)n2O)cc[nH]1. The van der Waals surface area contributed by atoms with Crippen LogP contribution < -0.4 is 5.56 Å². The van der Waals surface area contributed by atoms with E-state index >= 15 is 0 Å². The van der Waals surface area contributed by atoms with Gasteiger partial charge in [0.05, 0.1) is 0 Å². The Hall–Kier alpha value is -3.19. The zero-order chi connectivity index (χ0) is 19.0. The standard InChI is InChI=1S/C20H13BrFN3O2/c21-16-4-2-1-3-15(16)20-24-18(12-5-7-14(22)8-6-12)19(25(20)27)13-9-10-23-17(26)11-13/h1-11,27H,(H,23,26). The summed E-state index contributed by atoms with van der Waals surface area (Å²) in [6.07, 6.45) is 1.50. The van der Waals surface area contributed by atoms with Gasteiger partial charge in [-0.05, 0) is 42.5 Å². The zero-order valence-electron chi connectivity index (χ0n) is 13.9. The van der Waals surface area contributed by atoms with E-state index in [1.54, 1.807) is 18.2 Å². The van der Waals surface area contributed by atoms with Crippen molar-refractivity contribution in [2.45, 2.75) is 0 Å². The molecule has 0 saturated heterocycles. The molecule has 2 aromatic carbocycles. The molecule has 0 aliphatic rings. The summed E-state index contributed by atoms with van der Waals surface area (Å²) in [5, 5.41) is 10.9. The molecule has 0 saturated carbocycles. The van der Waals surface area contributed by atoms with E-state index in [1.807, 2.05) is 24.3 Å². The van der Waals surface area contributed by atoms with Crippen LogP contribution in [-0.2, 0) is 0 Å². The second kappa shape index (κ2) is 6.85. The molecule has 2 N–H and O–H groups in total. The molecule has 0 bridgehead atoms. The van der Waals surface area contributed by atoms with Crippen molar-refractivity contribution in [1.82, 2.24) is 14.7 Å². The third-order valence-electron chi connectivity index (χ3n) is 4.14. The van der Waals surface area contributed by atoms with E-state index in [0.29, 0.717) is 33.9 Å². The third-order valence-corrected chi connectivity index (χ3v) is 4.83. The summed E-state index contributed by atoms with van der Waals surface area (Å²) >= 11 is 3.47. The van der Waals surface area contributed by atoms with Gasteiger partial charge in [0.1, 0.15) is 17.2 Å². The predicted molar refractivity (Wildman–Crippen MR) is 104 cm³/mol. The average molecular weight is 426 g/mol. The Kier molecular flexibility index (Phi) is 4.37. The molecule has 2 heterocycles. The first kappa shape index (κ1) is 17.2. The minimum absolute atomic E-state index is 0.303. The number of imidazole rings is 1. The Morgan fingerprint density at radius 1 is 1.04 bits per heavy atom. The first-order valence-electron chi connectivity index (χ1n) is 8.06. The molecule has 0 aliphatic heterocycles. The quantitative estimate of drug-likeness (QED) is 0.466. The molecule has 0 radical (unpaired) electrons. The van der Waals surface area contributed by atoms with Crippen molar-refractivity contribution in [2.24, 2.45) is 0 Å². The van der Waals surface area contributed by atoms with Gasteiger partial charge in [0, 0.05) is 33.4 Å². The van der Waals surface area contributed by atoms with Crippen LogP contribution in [0.25, 0.3) is 33.9 Å². The van der Waals surface area contributed by atoms with E-state index in [-0.39, 0.29) is 11.4 Å². The number of benzene rings is 2. The van der Waals surface area contributed by atoms with Gasteiger partial charge in [0.2, 0.25) is 5.56 Å². The van der Waals surface area contributed by atoms with E-state index in [0.717, 1.165) is 9.20 Å². The molecule has 27 heavy (non-hydrogen) atoms. The lowest BCUT2D eigenvalue weighted by Crippen LogP contribution is -2.04. The Bertz CT molecular complexity index is 1180. The van der Waals surface area contributed by atoms with Crippen LogP contribution in [0.3, 0.4) is 0 Å². The molecule has 2 aromatic heterocycles. The minimum atomic E-state index is -0.370. The van der Waals surface area contributed by atoms with E-state index in [1.165, 1.54) is 24.4 Å². The minimum Gasteiger partial charge on any atom is -0.426 e. The monoisotopic (exact) mass is 425 g/mol. The Morgan fingerprint density at radius 3 is 2.48 bits per heavy atom. The predicted octanol–water partition coefficient (Wildman–Crippen LogP) is 4.71. The van der Waals surface area contributed by atoms with Gasteiger partial charge in [-0.1, -0.05) is 28.1 Å². The van der Waals surface area contributed by atoms with Gasteiger partial charge < -0.3 is 10.2 Å². The highest BCUT2D eigenvalue weighted by molar-refractivity contribution is 9.10. The average Bonchev–Trinajstić information content (AvgIpc) is 3.00. The fourth-order valence-electron chi connectivity index (χ4n) is 2.89. The van der Waals surface area contributed by atoms with Crippen molar-refractivity contribution in [1.29, 1.82) is 0 Å². The summed E-state index contributed by atoms with van der Waals surface area (Å²) in [5.74, 6) is -0.0667. The second-order valence-corrected chi connectivity index (χ2v) is 6.73. The van der Waals surface area contributed by atoms with E-state index < -0.39 is 0 Å². The molecule has 7 heteroatoms. The highest BCUT2D eigenvalue weighted by Gasteiger charge is 2.22. The number of nitrogens with zero attached hydrogens (tertiary/aromatic N) is 2. The number of H-pyrrole nitrogens is 1. The van der Waals surface area contributed by atoms with Gasteiger partial charge >= 0.3 is 0 Å². The van der Waals surface area contributed by atoms with Gasteiger partial charge in [-0.3, -0.25) is 4.79 Å². The maximum Gasteiger partial charge on any atom is 0.248 e. The summed E-state index contributed by atoms with van der Waals surface area (Å²) < 4.78 is 15.1. The number of rotatable bonds is 3. The number of hydrogen-bond donors (Lipinski definition) is 2. The fraction of sp³-hybridized carbons (Fsp3) is 0. The molecule has 0 fully saturated rings. The summed E-state index contributed by atoms with van der Waals surface area (Å²) in [6, 6.07) is 16.2. The Morgan fingerprint density at radius 2 is 1.78 bits per heavy atom. The maximum absolute atomic E-state index is 13.4. The van der Waals surface area contributed by atoms with Crippen LogP contribution in [0, 0.1) is 5.82 Å². The molecule has 134 valence electrons. The first-order chi connectivity index (χ1) is 13.0. The van der Waals surface area contributed by atoms with E-state index in [2.05, 4.69) is 25.9 Å². The lowest BCUT2D eigenvalue weighted by molar-refractivity contribution is 0.195. The van der Waals surface area contributed by atoms with Crippen molar-refractivity contribution in [3.05, 3.63) is 87.5 Å². The summed E-state index contributed by atoms with van der Waals surface area (Å²) in [6.45, 7) is 0. The van der Waals surface area contributed by atoms with Crippen molar-refractivity contribution >= 4 is 15.9 Å². The molecule has 0 spiro atoms. The molecule has 4 rings (SSSR count). The van der Waals surface area contributed by atoms with Crippen LogP contribution in [-0.4, -0.2) is 19.9 Å². The van der Waals surface area contributed by atoms with Gasteiger partial charge in [-0.2, -0.15) is 4.73 Å². The molecule has 0 amide bonds. The van der Waals surface area contributed by atoms with Crippen LogP contribution in [0.15, 0.2) is 76.1 Å². The Labute approximate surface area is 161 Å². The first-order valence-corrected chi connectivity index (χ1v) is 8.86. The van der Waals surface area contributed by atoms with Crippen molar-refractivity contribution in [3.8, 4) is 33.9 Å². The van der Waals surface area contributed by atoms with Crippen molar-refractivity contribution in [2.75, 3.05) is 0 Å². The molecule has 5 nitrogen and oxygen atoms in total. The van der Waals surface area contributed by atoms with Gasteiger partial charge in [-0.25, -0.2) is 9.37 Å². The van der Waals surface area contributed by atoms with Crippen LogP contribution in [0.5, 0.6) is 0 Å². The molecule has 0 atom stereocenters. The number of hydrogen-bond acceptors (Lipinski definition) is 3. The fourth-order valence-corrected chi connectivity index (χ4v) is 3.35. The van der Waals surface area contributed by atoms with Gasteiger partial charge in [0.25, 0.3) is 0 Å². The van der Waals surface area contributed by atoms with Crippen LogP contribution >= 0.6 is 15.9 Å². The molecule has 4 aromatic rings. The topological polar surface area (TPSA) is 70.9 Å². The zero-order valence-corrected chi connectivity index (χ0v) is 15.4.